The number of halogens is 2. The van der Waals surface area contributed by atoms with Gasteiger partial charge in [-0.15, -0.1) is 11.8 Å². The highest BCUT2D eigenvalue weighted by molar-refractivity contribution is 7.99. The Morgan fingerprint density at radius 3 is 2.73 bits per heavy atom. The topological polar surface area (TPSA) is 61.4 Å². The number of hydrogen-bond acceptors (Lipinski definition) is 6. The lowest BCUT2D eigenvalue weighted by molar-refractivity contribution is -0.135. The third kappa shape index (κ3) is 5.61. The monoisotopic (exact) mass is 491 g/mol. The maximum Gasteiger partial charge on any atom is 0.227 e. The molecule has 0 saturated carbocycles. The summed E-state index contributed by atoms with van der Waals surface area (Å²) in [6.07, 6.45) is 2.13. The van der Waals surface area contributed by atoms with E-state index in [9.17, 15) is 9.18 Å². The first-order valence-electron chi connectivity index (χ1n) is 11.5. The van der Waals surface area contributed by atoms with Crippen molar-refractivity contribution in [2.24, 2.45) is 5.92 Å². The van der Waals surface area contributed by atoms with Crippen molar-refractivity contribution >= 4 is 35.1 Å². The zero-order valence-electron chi connectivity index (χ0n) is 19.4. The van der Waals surface area contributed by atoms with Gasteiger partial charge in [-0.25, -0.2) is 14.4 Å². The highest BCUT2D eigenvalue weighted by Gasteiger charge is 2.31. The van der Waals surface area contributed by atoms with Gasteiger partial charge in [-0.05, 0) is 31.0 Å². The highest BCUT2D eigenvalue weighted by Crippen LogP contribution is 2.44. The number of nitrogens with zero attached hydrogens (tertiary/aromatic N) is 4. The minimum Gasteiger partial charge on any atom is -0.353 e. The molecule has 6 nitrogen and oxygen atoms in total. The molecule has 2 aliphatic heterocycles. The van der Waals surface area contributed by atoms with Gasteiger partial charge in [0.15, 0.2) is 0 Å². The highest BCUT2D eigenvalue weighted by atomic mass is 35.5. The molecule has 1 saturated heterocycles. The van der Waals surface area contributed by atoms with E-state index in [1.54, 1.807) is 18.5 Å². The standard InChI is InChI=1S/C24H31ClFN5OS/c1-15(2)27-12-18(10-17-4-5-19(25)20(26)11-17)24(32)31-8-6-30(7-9-31)23-22-16(3)33-13-21(22)28-14-29-23/h4-5,11,14-16,18,27H,6-10,12-13H2,1-3H3/t16-,18?/m0/s1. The molecule has 0 spiro atoms. The van der Waals surface area contributed by atoms with Crippen LogP contribution in [0.1, 0.15) is 42.8 Å². The molecule has 33 heavy (non-hydrogen) atoms. The van der Waals surface area contributed by atoms with Gasteiger partial charge in [0.25, 0.3) is 0 Å². The van der Waals surface area contributed by atoms with Crippen molar-refractivity contribution in [2.75, 3.05) is 37.6 Å². The van der Waals surface area contributed by atoms with Gasteiger partial charge >= 0.3 is 0 Å². The number of carbonyl (C=O) groups excluding carboxylic acids is 1. The number of rotatable bonds is 7. The minimum absolute atomic E-state index is 0.0991. The van der Waals surface area contributed by atoms with Gasteiger partial charge in [0, 0.05) is 55.3 Å². The number of nitrogens with one attached hydrogen (secondary N) is 1. The summed E-state index contributed by atoms with van der Waals surface area (Å²) < 4.78 is 14.0. The molecule has 0 radical (unpaired) electrons. The van der Waals surface area contributed by atoms with E-state index in [4.69, 9.17) is 11.6 Å². The summed E-state index contributed by atoms with van der Waals surface area (Å²) in [5, 5.41) is 3.87. The maximum atomic E-state index is 14.0. The summed E-state index contributed by atoms with van der Waals surface area (Å²) in [5.41, 5.74) is 3.15. The quantitative estimate of drug-likeness (QED) is 0.629. The Bertz CT molecular complexity index is 999. The molecule has 1 aromatic carbocycles. The van der Waals surface area contributed by atoms with Gasteiger partial charge < -0.3 is 15.1 Å². The number of amides is 1. The maximum absolute atomic E-state index is 14.0. The third-order valence-corrected chi connectivity index (χ3v) is 7.78. The normalized spacial score (nSPS) is 19.2. The lowest BCUT2D eigenvalue weighted by atomic mass is 9.97. The molecule has 1 N–H and O–H groups in total. The second-order valence-corrected chi connectivity index (χ2v) is 10.8. The predicted octanol–water partition coefficient (Wildman–Crippen LogP) is 4.08. The van der Waals surface area contributed by atoms with E-state index in [0.29, 0.717) is 31.3 Å². The Balaban J connectivity index is 1.43. The summed E-state index contributed by atoms with van der Waals surface area (Å²) in [4.78, 5) is 26.7. The number of carbonyl (C=O) groups is 1. The van der Waals surface area contributed by atoms with Crippen molar-refractivity contribution in [3.8, 4) is 0 Å². The molecule has 2 aliphatic rings. The smallest absolute Gasteiger partial charge is 0.227 e. The first-order valence-corrected chi connectivity index (χ1v) is 12.9. The van der Waals surface area contributed by atoms with E-state index in [1.165, 1.54) is 11.6 Å². The van der Waals surface area contributed by atoms with Gasteiger partial charge in [0.2, 0.25) is 5.91 Å². The summed E-state index contributed by atoms with van der Waals surface area (Å²) in [6, 6.07) is 5.05. The molecule has 9 heteroatoms. The van der Waals surface area contributed by atoms with E-state index in [0.717, 1.165) is 35.9 Å². The van der Waals surface area contributed by atoms with Crippen molar-refractivity contribution in [3.05, 3.63) is 52.2 Å². The van der Waals surface area contributed by atoms with Gasteiger partial charge in [-0.2, -0.15) is 0 Å². The molecule has 178 valence electrons. The van der Waals surface area contributed by atoms with E-state index >= 15 is 0 Å². The second-order valence-electron chi connectivity index (χ2n) is 9.04. The molecule has 2 atom stereocenters. The minimum atomic E-state index is -0.449. The molecular weight excluding hydrogens is 461 g/mol. The van der Waals surface area contributed by atoms with Crippen molar-refractivity contribution in [1.82, 2.24) is 20.2 Å². The van der Waals surface area contributed by atoms with Gasteiger partial charge in [0.1, 0.15) is 18.0 Å². The predicted molar refractivity (Wildman–Crippen MR) is 132 cm³/mol. The Morgan fingerprint density at radius 1 is 1.27 bits per heavy atom. The third-order valence-electron chi connectivity index (χ3n) is 6.30. The SMILES string of the molecule is CC(C)NCC(Cc1ccc(Cl)c(F)c1)C(=O)N1CCN(c2ncnc3c2[C@H](C)SC3)CC1. The lowest BCUT2D eigenvalue weighted by Gasteiger charge is -2.38. The molecule has 3 heterocycles. The molecule has 1 fully saturated rings. The molecule has 4 rings (SSSR count). The second kappa shape index (κ2) is 10.6. The number of piperazine rings is 1. The first-order chi connectivity index (χ1) is 15.8. The number of fused-ring (bicyclic) bond motifs is 1. The first kappa shape index (κ1) is 24.2. The summed E-state index contributed by atoms with van der Waals surface area (Å²) in [7, 11) is 0. The molecule has 1 unspecified atom stereocenters. The fourth-order valence-electron chi connectivity index (χ4n) is 4.46. The van der Waals surface area contributed by atoms with Crippen LogP contribution in [-0.4, -0.2) is 59.5 Å². The summed E-state index contributed by atoms with van der Waals surface area (Å²) in [5.74, 6) is 1.34. The fraction of sp³-hybridized carbons (Fsp3) is 0.542. The fourth-order valence-corrected chi connectivity index (χ4v) is 5.63. The van der Waals surface area contributed by atoms with Crippen molar-refractivity contribution in [2.45, 2.75) is 44.2 Å². The van der Waals surface area contributed by atoms with Crippen LogP contribution < -0.4 is 10.2 Å². The molecule has 0 aliphatic carbocycles. The summed E-state index contributed by atoms with van der Waals surface area (Å²) >= 11 is 7.72. The van der Waals surface area contributed by atoms with Crippen molar-refractivity contribution in [3.63, 3.8) is 0 Å². The molecule has 1 amide bonds. The van der Waals surface area contributed by atoms with Crippen LogP contribution in [0.2, 0.25) is 5.02 Å². The van der Waals surface area contributed by atoms with Crippen molar-refractivity contribution < 1.29 is 9.18 Å². The number of aromatic nitrogens is 2. The zero-order chi connectivity index (χ0) is 23.5. The Labute approximate surface area is 204 Å². The van der Waals surface area contributed by atoms with Crippen LogP contribution in [0.4, 0.5) is 10.2 Å². The van der Waals surface area contributed by atoms with Crippen LogP contribution in [0, 0.1) is 11.7 Å². The zero-order valence-corrected chi connectivity index (χ0v) is 20.9. The molecular formula is C24H31ClFN5OS. The number of anilines is 1. The Morgan fingerprint density at radius 2 is 2.03 bits per heavy atom. The Kier molecular flexibility index (Phi) is 7.76. The van der Waals surface area contributed by atoms with Crippen LogP contribution >= 0.6 is 23.4 Å². The summed E-state index contributed by atoms with van der Waals surface area (Å²) in [6.45, 7) is 9.64. The van der Waals surface area contributed by atoms with Gasteiger partial charge in [-0.1, -0.05) is 31.5 Å². The average molecular weight is 492 g/mol. The Hall–Kier alpha value is -1.90. The number of hydrogen-bond donors (Lipinski definition) is 1. The van der Waals surface area contributed by atoms with E-state index in [-0.39, 0.29) is 22.9 Å². The van der Waals surface area contributed by atoms with Gasteiger partial charge in [-0.3, -0.25) is 4.79 Å². The van der Waals surface area contributed by atoms with E-state index in [1.807, 2.05) is 16.7 Å². The van der Waals surface area contributed by atoms with Crippen molar-refractivity contribution in [1.29, 1.82) is 0 Å². The lowest BCUT2D eigenvalue weighted by Crippen LogP contribution is -2.52. The number of thioether (sulfide) groups is 1. The number of benzene rings is 1. The molecule has 2 aromatic rings. The van der Waals surface area contributed by atoms with Crippen LogP contribution in [0.15, 0.2) is 24.5 Å². The average Bonchev–Trinajstić information content (AvgIpc) is 3.19. The van der Waals surface area contributed by atoms with E-state index in [2.05, 4.69) is 41.0 Å². The molecule has 1 aromatic heterocycles. The van der Waals surface area contributed by atoms with E-state index < -0.39 is 5.82 Å². The largest absolute Gasteiger partial charge is 0.353 e. The van der Waals surface area contributed by atoms with Crippen LogP contribution in [0.3, 0.4) is 0 Å². The van der Waals surface area contributed by atoms with Gasteiger partial charge in [0.05, 0.1) is 16.6 Å². The van der Waals surface area contributed by atoms with Crippen LogP contribution in [0.25, 0.3) is 0 Å². The van der Waals surface area contributed by atoms with Crippen LogP contribution in [-0.2, 0) is 17.0 Å². The molecule has 0 bridgehead atoms. The van der Waals surface area contributed by atoms with Crippen LogP contribution in [0.5, 0.6) is 0 Å².